The second-order valence-electron chi connectivity index (χ2n) is 7.98. The van der Waals surface area contributed by atoms with Crippen molar-refractivity contribution in [2.45, 2.75) is 37.0 Å². The van der Waals surface area contributed by atoms with E-state index in [2.05, 4.69) is 5.32 Å². The predicted octanol–water partition coefficient (Wildman–Crippen LogP) is 2.91. The van der Waals surface area contributed by atoms with Crippen molar-refractivity contribution in [3.8, 4) is 5.75 Å². The Morgan fingerprint density at radius 1 is 1.03 bits per heavy atom. The minimum absolute atomic E-state index is 0.0223. The standard InChI is InChI=1S/C24H29FN2O6S/c1-32-22-11-10-20(34(30,31)27-14-4-2-3-5-15-27)16-21(22)24(29)33-17-23(28)26-13-12-18-6-8-19(25)9-7-18/h6-11,16H,2-5,12-15,17H2,1H3,(H,26,28). The topological polar surface area (TPSA) is 102 Å². The van der Waals surface area contributed by atoms with E-state index in [0.717, 1.165) is 31.2 Å². The normalized spacial score (nSPS) is 14.8. The van der Waals surface area contributed by atoms with Crippen molar-refractivity contribution in [2.24, 2.45) is 0 Å². The minimum Gasteiger partial charge on any atom is -0.496 e. The van der Waals surface area contributed by atoms with Gasteiger partial charge >= 0.3 is 5.97 Å². The molecule has 1 amide bonds. The van der Waals surface area contributed by atoms with Crippen LogP contribution in [-0.2, 0) is 26.0 Å². The first-order valence-electron chi connectivity index (χ1n) is 11.2. The number of hydrogen-bond donors (Lipinski definition) is 1. The number of hydrogen-bond acceptors (Lipinski definition) is 6. The Morgan fingerprint density at radius 3 is 2.35 bits per heavy atom. The van der Waals surface area contributed by atoms with Gasteiger partial charge in [0.15, 0.2) is 6.61 Å². The average molecular weight is 493 g/mol. The summed E-state index contributed by atoms with van der Waals surface area (Å²) < 4.78 is 50.8. The molecule has 0 spiro atoms. The van der Waals surface area contributed by atoms with Crippen LogP contribution in [0.5, 0.6) is 5.75 Å². The summed E-state index contributed by atoms with van der Waals surface area (Å²) in [6, 6.07) is 9.97. The number of carbonyl (C=O) groups is 2. The smallest absolute Gasteiger partial charge is 0.342 e. The zero-order valence-electron chi connectivity index (χ0n) is 19.1. The summed E-state index contributed by atoms with van der Waals surface area (Å²) in [7, 11) is -2.41. The highest BCUT2D eigenvalue weighted by molar-refractivity contribution is 7.89. The van der Waals surface area contributed by atoms with Crippen LogP contribution in [-0.4, -0.2) is 58.0 Å². The maximum atomic E-state index is 13.1. The zero-order valence-corrected chi connectivity index (χ0v) is 19.9. The van der Waals surface area contributed by atoms with E-state index in [9.17, 15) is 22.4 Å². The van der Waals surface area contributed by atoms with Crippen molar-refractivity contribution in [1.82, 2.24) is 9.62 Å². The molecule has 184 valence electrons. The number of rotatable bonds is 9. The molecule has 1 N–H and O–H groups in total. The number of ether oxygens (including phenoxy) is 2. The van der Waals surface area contributed by atoms with Crippen LogP contribution in [0.4, 0.5) is 4.39 Å². The van der Waals surface area contributed by atoms with Crippen LogP contribution in [0.15, 0.2) is 47.4 Å². The molecule has 0 unspecified atom stereocenters. The van der Waals surface area contributed by atoms with Crippen molar-refractivity contribution < 1.29 is 31.9 Å². The van der Waals surface area contributed by atoms with E-state index in [1.54, 1.807) is 12.1 Å². The van der Waals surface area contributed by atoms with Crippen LogP contribution in [0, 0.1) is 5.82 Å². The van der Waals surface area contributed by atoms with Crippen molar-refractivity contribution in [3.63, 3.8) is 0 Å². The molecular weight excluding hydrogens is 463 g/mol. The van der Waals surface area contributed by atoms with Crippen molar-refractivity contribution in [1.29, 1.82) is 0 Å². The molecule has 0 aromatic heterocycles. The highest BCUT2D eigenvalue weighted by atomic mass is 32.2. The summed E-state index contributed by atoms with van der Waals surface area (Å²) in [6.45, 7) is 0.627. The second-order valence-corrected chi connectivity index (χ2v) is 9.92. The van der Waals surface area contributed by atoms with E-state index in [0.29, 0.717) is 19.5 Å². The molecule has 10 heteroatoms. The van der Waals surface area contributed by atoms with Crippen molar-refractivity contribution in [3.05, 3.63) is 59.4 Å². The molecule has 1 aliphatic heterocycles. The number of sulfonamides is 1. The van der Waals surface area contributed by atoms with Crippen LogP contribution >= 0.6 is 0 Å². The van der Waals surface area contributed by atoms with Crippen LogP contribution < -0.4 is 10.1 Å². The molecule has 3 rings (SSSR count). The molecule has 1 aliphatic rings. The molecule has 0 aliphatic carbocycles. The van der Waals surface area contributed by atoms with Crippen LogP contribution in [0.3, 0.4) is 0 Å². The molecular formula is C24H29FN2O6S. The second kappa shape index (κ2) is 11.9. The lowest BCUT2D eigenvalue weighted by molar-refractivity contribution is -0.124. The molecule has 1 saturated heterocycles. The molecule has 8 nitrogen and oxygen atoms in total. The largest absolute Gasteiger partial charge is 0.496 e. The van der Waals surface area contributed by atoms with Gasteiger partial charge in [0, 0.05) is 19.6 Å². The average Bonchev–Trinajstić information content (AvgIpc) is 3.13. The summed E-state index contributed by atoms with van der Waals surface area (Å²) in [4.78, 5) is 24.7. The Bertz CT molecular complexity index is 1100. The lowest BCUT2D eigenvalue weighted by Crippen LogP contribution is -2.32. The van der Waals surface area contributed by atoms with Gasteiger partial charge in [0.1, 0.15) is 17.1 Å². The molecule has 2 aromatic rings. The summed E-state index contributed by atoms with van der Waals surface area (Å²) in [6.07, 6.45) is 4.04. The fourth-order valence-corrected chi connectivity index (χ4v) is 5.24. The summed E-state index contributed by atoms with van der Waals surface area (Å²) in [5.74, 6) is -1.56. The van der Waals surface area contributed by atoms with E-state index < -0.39 is 28.5 Å². The number of carbonyl (C=O) groups excluding carboxylic acids is 2. The first kappa shape index (κ1) is 25.6. The van der Waals surface area contributed by atoms with Gasteiger partial charge in [-0.2, -0.15) is 4.31 Å². The molecule has 0 atom stereocenters. The van der Waals surface area contributed by atoms with Gasteiger partial charge in [0.05, 0.1) is 12.0 Å². The lowest BCUT2D eigenvalue weighted by atomic mass is 10.1. The molecule has 0 radical (unpaired) electrons. The lowest BCUT2D eigenvalue weighted by Gasteiger charge is -2.20. The summed E-state index contributed by atoms with van der Waals surface area (Å²) >= 11 is 0. The highest BCUT2D eigenvalue weighted by Gasteiger charge is 2.27. The van der Waals surface area contributed by atoms with Gasteiger partial charge in [-0.3, -0.25) is 4.79 Å². The quantitative estimate of drug-likeness (QED) is 0.540. The van der Waals surface area contributed by atoms with E-state index in [1.807, 2.05) is 0 Å². The van der Waals surface area contributed by atoms with E-state index >= 15 is 0 Å². The Hall–Kier alpha value is -2.98. The maximum Gasteiger partial charge on any atom is 0.342 e. The van der Waals surface area contributed by atoms with Crippen molar-refractivity contribution in [2.75, 3.05) is 33.4 Å². The third kappa shape index (κ3) is 6.77. The molecule has 0 saturated carbocycles. The molecule has 1 heterocycles. The predicted molar refractivity (Wildman–Crippen MR) is 124 cm³/mol. The number of halogens is 1. The number of esters is 1. The first-order valence-corrected chi connectivity index (χ1v) is 12.6. The van der Waals surface area contributed by atoms with Gasteiger partial charge < -0.3 is 14.8 Å². The Kier molecular flexibility index (Phi) is 9.00. The zero-order chi connectivity index (χ0) is 24.6. The van der Waals surface area contributed by atoms with Gasteiger partial charge in [-0.15, -0.1) is 0 Å². The fourth-order valence-electron chi connectivity index (χ4n) is 3.70. The Balaban J connectivity index is 1.60. The SMILES string of the molecule is COc1ccc(S(=O)(=O)N2CCCCCC2)cc1C(=O)OCC(=O)NCCc1ccc(F)cc1. The molecule has 2 aromatic carbocycles. The van der Waals surface area contributed by atoms with Gasteiger partial charge in [-0.05, 0) is 55.2 Å². The monoisotopic (exact) mass is 492 g/mol. The van der Waals surface area contributed by atoms with Crippen LogP contribution in [0.1, 0.15) is 41.6 Å². The van der Waals surface area contributed by atoms with Crippen LogP contribution in [0.25, 0.3) is 0 Å². The first-order chi connectivity index (χ1) is 16.3. The number of benzene rings is 2. The number of nitrogens with one attached hydrogen (secondary N) is 1. The Morgan fingerprint density at radius 2 is 1.71 bits per heavy atom. The third-order valence-electron chi connectivity index (χ3n) is 5.58. The molecule has 0 bridgehead atoms. The Labute approximate surface area is 199 Å². The summed E-state index contributed by atoms with van der Waals surface area (Å²) in [5, 5.41) is 2.62. The van der Waals surface area contributed by atoms with Gasteiger partial charge in [-0.1, -0.05) is 25.0 Å². The minimum atomic E-state index is -3.77. The van der Waals surface area contributed by atoms with E-state index in [-0.39, 0.29) is 28.6 Å². The number of amides is 1. The summed E-state index contributed by atoms with van der Waals surface area (Å²) in [5.41, 5.74) is 0.781. The fraction of sp³-hybridized carbons (Fsp3) is 0.417. The van der Waals surface area contributed by atoms with Crippen LogP contribution in [0.2, 0.25) is 0 Å². The van der Waals surface area contributed by atoms with Gasteiger partial charge in [0.2, 0.25) is 10.0 Å². The maximum absolute atomic E-state index is 13.1. The van der Waals surface area contributed by atoms with E-state index in [4.69, 9.17) is 9.47 Å². The van der Waals surface area contributed by atoms with Gasteiger partial charge in [-0.25, -0.2) is 17.6 Å². The van der Waals surface area contributed by atoms with Gasteiger partial charge in [0.25, 0.3) is 5.91 Å². The molecule has 34 heavy (non-hydrogen) atoms. The van der Waals surface area contributed by atoms with Crippen molar-refractivity contribution >= 4 is 21.9 Å². The number of methoxy groups -OCH3 is 1. The molecule has 1 fully saturated rings. The van der Waals surface area contributed by atoms with E-state index in [1.165, 1.54) is 41.7 Å². The highest BCUT2D eigenvalue weighted by Crippen LogP contribution is 2.26. The third-order valence-corrected chi connectivity index (χ3v) is 7.47. The number of nitrogens with zero attached hydrogens (tertiary/aromatic N) is 1.